The quantitative estimate of drug-likeness (QED) is 0.562. The molecule has 2 aromatic rings. The first-order valence-corrected chi connectivity index (χ1v) is 5.23. The van der Waals surface area contributed by atoms with Crippen molar-refractivity contribution in [1.82, 2.24) is 4.98 Å². The summed E-state index contributed by atoms with van der Waals surface area (Å²) in [5, 5.41) is 16.4. The van der Waals surface area contributed by atoms with Gasteiger partial charge in [-0.1, -0.05) is 30.3 Å². The van der Waals surface area contributed by atoms with Crippen molar-refractivity contribution in [3.8, 4) is 11.3 Å². The maximum Gasteiger partial charge on any atom is 0.335 e. The van der Waals surface area contributed by atoms with Crippen LogP contribution in [0.1, 0.15) is 16.1 Å². The van der Waals surface area contributed by atoms with E-state index in [0.717, 1.165) is 5.56 Å². The van der Waals surface area contributed by atoms with Crippen LogP contribution in [0.25, 0.3) is 11.3 Å². The number of nitrogens with one attached hydrogen (secondary N) is 1. The van der Waals surface area contributed by atoms with E-state index in [4.69, 9.17) is 16.2 Å². The summed E-state index contributed by atoms with van der Waals surface area (Å²) < 4.78 is 0. The fraction of sp³-hybridized carbons (Fsp3) is 0. The van der Waals surface area contributed by atoms with Gasteiger partial charge in [0.15, 0.2) is 0 Å². The maximum atomic E-state index is 11.0. The number of carboxylic acids is 1. The Kier molecular flexibility index (Phi) is 3.05. The molecule has 0 atom stereocenters. The summed E-state index contributed by atoms with van der Waals surface area (Å²) in [4.78, 5) is 15.2. The number of aromatic nitrogens is 1. The van der Waals surface area contributed by atoms with Crippen LogP contribution in [-0.2, 0) is 0 Å². The summed E-state index contributed by atoms with van der Waals surface area (Å²) in [6.45, 7) is 0. The number of hydrogen-bond acceptors (Lipinski definition) is 3. The SMILES string of the molecule is N=C(N)c1cc(C(=O)O)cc(-c2ccccc2)n1. The molecular weight excluding hydrogens is 230 g/mol. The molecule has 0 saturated heterocycles. The van der Waals surface area contributed by atoms with Gasteiger partial charge in [0.2, 0.25) is 0 Å². The van der Waals surface area contributed by atoms with Crippen LogP contribution >= 0.6 is 0 Å². The molecule has 4 N–H and O–H groups in total. The van der Waals surface area contributed by atoms with Crippen LogP contribution in [0.4, 0.5) is 0 Å². The lowest BCUT2D eigenvalue weighted by atomic mass is 10.1. The largest absolute Gasteiger partial charge is 0.478 e. The van der Waals surface area contributed by atoms with Crippen molar-refractivity contribution in [2.45, 2.75) is 0 Å². The van der Waals surface area contributed by atoms with Crippen molar-refractivity contribution in [3.63, 3.8) is 0 Å². The Morgan fingerprint density at radius 1 is 1.22 bits per heavy atom. The zero-order chi connectivity index (χ0) is 13.1. The van der Waals surface area contributed by atoms with Gasteiger partial charge in [-0.25, -0.2) is 9.78 Å². The maximum absolute atomic E-state index is 11.0. The van der Waals surface area contributed by atoms with E-state index < -0.39 is 5.97 Å². The van der Waals surface area contributed by atoms with E-state index in [1.807, 2.05) is 30.3 Å². The van der Waals surface area contributed by atoms with Crippen molar-refractivity contribution in [2.75, 3.05) is 0 Å². The van der Waals surface area contributed by atoms with Crippen molar-refractivity contribution in [2.24, 2.45) is 5.73 Å². The molecule has 18 heavy (non-hydrogen) atoms. The van der Waals surface area contributed by atoms with Crippen LogP contribution in [0, 0.1) is 5.41 Å². The Bertz CT molecular complexity index is 577. The Morgan fingerprint density at radius 3 is 2.44 bits per heavy atom. The van der Waals surface area contributed by atoms with Gasteiger partial charge in [0.05, 0.1) is 11.3 Å². The van der Waals surface area contributed by atoms with Gasteiger partial charge >= 0.3 is 5.97 Å². The van der Waals surface area contributed by atoms with E-state index >= 15 is 0 Å². The monoisotopic (exact) mass is 241 g/mol. The van der Waals surface area contributed by atoms with Crippen LogP contribution in [0.3, 0.4) is 0 Å². The van der Waals surface area contributed by atoms with E-state index in [1.54, 1.807) is 0 Å². The highest BCUT2D eigenvalue weighted by Crippen LogP contribution is 2.19. The van der Waals surface area contributed by atoms with Crippen LogP contribution in [-0.4, -0.2) is 21.9 Å². The van der Waals surface area contributed by atoms with Crippen molar-refractivity contribution >= 4 is 11.8 Å². The molecular formula is C13H11N3O2. The molecule has 0 spiro atoms. The van der Waals surface area contributed by atoms with Gasteiger partial charge in [-0.3, -0.25) is 5.41 Å². The summed E-state index contributed by atoms with van der Waals surface area (Å²) in [6, 6.07) is 11.9. The van der Waals surface area contributed by atoms with E-state index in [2.05, 4.69) is 4.98 Å². The van der Waals surface area contributed by atoms with Gasteiger partial charge in [-0.2, -0.15) is 0 Å². The first kappa shape index (κ1) is 11.8. The number of carboxylic acid groups (broad SMARTS) is 1. The number of hydrogen-bond donors (Lipinski definition) is 3. The van der Waals surface area contributed by atoms with Crippen molar-refractivity contribution in [3.05, 3.63) is 53.7 Å². The molecule has 2 rings (SSSR count). The second-order valence-corrected chi connectivity index (χ2v) is 3.71. The number of nitrogen functional groups attached to an aromatic ring is 1. The molecule has 0 unspecified atom stereocenters. The third-order valence-electron chi connectivity index (χ3n) is 2.42. The van der Waals surface area contributed by atoms with Crippen LogP contribution in [0.15, 0.2) is 42.5 Å². The fourth-order valence-electron chi connectivity index (χ4n) is 1.55. The molecule has 1 aromatic carbocycles. The lowest BCUT2D eigenvalue weighted by molar-refractivity contribution is 0.0697. The van der Waals surface area contributed by atoms with Gasteiger partial charge in [-0.05, 0) is 12.1 Å². The predicted molar refractivity (Wildman–Crippen MR) is 67.6 cm³/mol. The van der Waals surface area contributed by atoms with Gasteiger partial charge in [0, 0.05) is 5.56 Å². The first-order chi connectivity index (χ1) is 8.58. The Morgan fingerprint density at radius 2 is 1.89 bits per heavy atom. The third-order valence-corrected chi connectivity index (χ3v) is 2.42. The molecule has 0 fully saturated rings. The molecule has 0 amide bonds. The lowest BCUT2D eigenvalue weighted by Crippen LogP contribution is -2.15. The van der Waals surface area contributed by atoms with Crippen LogP contribution < -0.4 is 5.73 Å². The summed E-state index contributed by atoms with van der Waals surface area (Å²) in [5.74, 6) is -1.33. The van der Waals surface area contributed by atoms with Gasteiger partial charge in [0.25, 0.3) is 0 Å². The van der Waals surface area contributed by atoms with Gasteiger partial charge in [0.1, 0.15) is 11.5 Å². The highest BCUT2D eigenvalue weighted by atomic mass is 16.4. The minimum Gasteiger partial charge on any atom is -0.478 e. The van der Waals surface area contributed by atoms with Gasteiger partial charge < -0.3 is 10.8 Å². The summed E-state index contributed by atoms with van der Waals surface area (Å²) in [6.07, 6.45) is 0. The minimum atomic E-state index is -1.07. The number of aromatic carboxylic acids is 1. The average molecular weight is 241 g/mol. The molecule has 0 aliphatic rings. The first-order valence-electron chi connectivity index (χ1n) is 5.23. The summed E-state index contributed by atoms with van der Waals surface area (Å²) >= 11 is 0. The minimum absolute atomic E-state index is 0.0639. The standard InChI is InChI=1S/C13H11N3O2/c14-12(15)11-7-9(13(17)18)6-10(16-11)8-4-2-1-3-5-8/h1-7H,(H3,14,15)(H,17,18). The molecule has 0 bridgehead atoms. The van der Waals surface area contributed by atoms with E-state index in [0.29, 0.717) is 5.69 Å². The number of pyridine rings is 1. The highest BCUT2D eigenvalue weighted by molar-refractivity contribution is 5.97. The number of nitrogens with two attached hydrogens (primary N) is 1. The number of amidine groups is 1. The second-order valence-electron chi connectivity index (χ2n) is 3.71. The van der Waals surface area contributed by atoms with Gasteiger partial charge in [-0.15, -0.1) is 0 Å². The van der Waals surface area contributed by atoms with Crippen LogP contribution in [0.2, 0.25) is 0 Å². The third kappa shape index (κ3) is 2.35. The average Bonchev–Trinajstić information content (AvgIpc) is 2.39. The molecule has 0 radical (unpaired) electrons. The molecule has 90 valence electrons. The van der Waals surface area contributed by atoms with E-state index in [9.17, 15) is 4.79 Å². The highest BCUT2D eigenvalue weighted by Gasteiger charge is 2.11. The molecule has 0 aliphatic heterocycles. The molecule has 5 heteroatoms. The number of benzene rings is 1. The molecule has 1 heterocycles. The zero-order valence-electron chi connectivity index (χ0n) is 9.42. The summed E-state index contributed by atoms with van der Waals surface area (Å²) in [7, 11) is 0. The predicted octanol–water partition coefficient (Wildman–Crippen LogP) is 1.73. The molecule has 0 aliphatic carbocycles. The molecule has 5 nitrogen and oxygen atoms in total. The molecule has 0 saturated carbocycles. The second kappa shape index (κ2) is 4.67. The Hall–Kier alpha value is -2.69. The lowest BCUT2D eigenvalue weighted by Gasteiger charge is -2.06. The normalized spacial score (nSPS) is 10.0. The van der Waals surface area contributed by atoms with E-state index in [1.165, 1.54) is 12.1 Å². The summed E-state index contributed by atoms with van der Waals surface area (Å²) in [5.41, 5.74) is 6.85. The topological polar surface area (TPSA) is 100 Å². The number of nitrogens with zero attached hydrogens (tertiary/aromatic N) is 1. The molecule has 1 aromatic heterocycles. The Labute approximate surface area is 103 Å². The van der Waals surface area contributed by atoms with Crippen molar-refractivity contribution < 1.29 is 9.90 Å². The smallest absolute Gasteiger partial charge is 0.335 e. The number of rotatable bonds is 3. The Balaban J connectivity index is 2.61. The van der Waals surface area contributed by atoms with Crippen molar-refractivity contribution in [1.29, 1.82) is 5.41 Å². The van der Waals surface area contributed by atoms with E-state index in [-0.39, 0.29) is 17.1 Å². The number of carbonyl (C=O) groups is 1. The van der Waals surface area contributed by atoms with Crippen LogP contribution in [0.5, 0.6) is 0 Å². The zero-order valence-corrected chi connectivity index (χ0v) is 9.42. The fourth-order valence-corrected chi connectivity index (χ4v) is 1.55.